The zero-order valence-electron chi connectivity index (χ0n) is 10.1. The van der Waals surface area contributed by atoms with Crippen LogP contribution >= 0.6 is 15.9 Å². The molecule has 0 radical (unpaired) electrons. The second-order valence-corrected chi connectivity index (χ2v) is 4.86. The summed E-state index contributed by atoms with van der Waals surface area (Å²) >= 11 is 3.27. The van der Waals surface area contributed by atoms with Crippen molar-refractivity contribution in [2.24, 2.45) is 5.18 Å². The summed E-state index contributed by atoms with van der Waals surface area (Å²) in [4.78, 5) is 35.6. The quantitative estimate of drug-likeness (QED) is 0.627. The van der Waals surface area contributed by atoms with Gasteiger partial charge in [-0.05, 0) is 25.1 Å². The maximum absolute atomic E-state index is 12.1. The molecular weight excluding hydrogens is 316 g/mol. The number of nitrogens with zero attached hydrogens (tertiary/aromatic N) is 2. The van der Waals surface area contributed by atoms with Gasteiger partial charge in [0.25, 0.3) is 5.91 Å². The molecule has 0 bridgehead atoms. The first-order valence-electron chi connectivity index (χ1n) is 5.67. The molecule has 1 atom stereocenters. The molecule has 2 rings (SSSR count). The fraction of sp³-hybridized carbons (Fsp3) is 0.333. The van der Waals surface area contributed by atoms with Crippen molar-refractivity contribution in [3.05, 3.63) is 33.1 Å². The van der Waals surface area contributed by atoms with Gasteiger partial charge in [0, 0.05) is 10.0 Å². The third-order valence-electron chi connectivity index (χ3n) is 2.77. The van der Waals surface area contributed by atoms with Gasteiger partial charge in [0.15, 0.2) is 6.04 Å². The molecule has 1 aromatic rings. The Morgan fingerprint density at radius 1 is 1.53 bits per heavy atom. The zero-order chi connectivity index (χ0) is 14.0. The van der Waals surface area contributed by atoms with Crippen LogP contribution in [-0.4, -0.2) is 25.0 Å². The molecule has 1 aromatic carbocycles. The fourth-order valence-corrected chi connectivity index (χ4v) is 2.37. The smallest absolute Gasteiger partial charge is 0.326 e. The Kier molecular flexibility index (Phi) is 3.94. The number of benzene rings is 1. The summed E-state index contributed by atoms with van der Waals surface area (Å²) in [5.74, 6) is -1.02. The van der Waals surface area contributed by atoms with Crippen LogP contribution < -0.4 is 4.90 Å². The van der Waals surface area contributed by atoms with E-state index in [4.69, 9.17) is 4.74 Å². The van der Waals surface area contributed by atoms with Crippen molar-refractivity contribution in [2.45, 2.75) is 13.0 Å². The Labute approximate surface area is 117 Å². The largest absolute Gasteiger partial charge is 0.465 e. The van der Waals surface area contributed by atoms with E-state index in [2.05, 4.69) is 21.1 Å². The molecule has 1 amide bonds. The molecule has 0 aliphatic carbocycles. The van der Waals surface area contributed by atoms with Gasteiger partial charge >= 0.3 is 5.97 Å². The summed E-state index contributed by atoms with van der Waals surface area (Å²) in [6, 6.07) is 3.96. The van der Waals surface area contributed by atoms with Crippen LogP contribution in [0.3, 0.4) is 0 Å². The molecule has 1 heterocycles. The molecule has 19 heavy (non-hydrogen) atoms. The lowest BCUT2D eigenvalue weighted by molar-refractivity contribution is -0.142. The van der Waals surface area contributed by atoms with Crippen molar-refractivity contribution in [3.8, 4) is 0 Å². The Hall–Kier alpha value is -1.76. The van der Waals surface area contributed by atoms with Gasteiger partial charge in [0.1, 0.15) is 6.54 Å². The molecule has 0 saturated heterocycles. The van der Waals surface area contributed by atoms with E-state index in [1.54, 1.807) is 25.1 Å². The number of esters is 1. The monoisotopic (exact) mass is 326 g/mol. The normalized spacial score (nSPS) is 17.3. The van der Waals surface area contributed by atoms with Gasteiger partial charge < -0.3 is 4.74 Å². The maximum atomic E-state index is 12.1. The minimum Gasteiger partial charge on any atom is -0.465 e. The molecule has 100 valence electrons. The summed E-state index contributed by atoms with van der Waals surface area (Å²) in [5, 5.41) is 2.84. The topological polar surface area (TPSA) is 76.0 Å². The Morgan fingerprint density at radius 2 is 2.26 bits per heavy atom. The number of hydrogen-bond donors (Lipinski definition) is 0. The summed E-state index contributed by atoms with van der Waals surface area (Å²) in [6.07, 6.45) is 0. The van der Waals surface area contributed by atoms with Gasteiger partial charge in [0.05, 0.1) is 12.3 Å². The molecule has 1 unspecified atom stereocenters. The van der Waals surface area contributed by atoms with Crippen LogP contribution in [0.5, 0.6) is 0 Å². The highest BCUT2D eigenvalue weighted by Crippen LogP contribution is 2.39. The minimum absolute atomic E-state index is 0.215. The van der Waals surface area contributed by atoms with E-state index in [-0.39, 0.29) is 13.2 Å². The number of halogens is 1. The second kappa shape index (κ2) is 5.48. The van der Waals surface area contributed by atoms with Crippen molar-refractivity contribution >= 4 is 33.5 Å². The molecule has 6 nitrogen and oxygen atoms in total. The van der Waals surface area contributed by atoms with Crippen molar-refractivity contribution in [1.82, 2.24) is 0 Å². The molecule has 7 heteroatoms. The number of amides is 1. The summed E-state index contributed by atoms with van der Waals surface area (Å²) in [7, 11) is 0. The number of ether oxygens (including phenoxy) is 1. The summed E-state index contributed by atoms with van der Waals surface area (Å²) in [6.45, 7) is 1.71. The number of carbonyl (C=O) groups excluding carboxylic acids is 2. The van der Waals surface area contributed by atoms with Crippen molar-refractivity contribution in [3.63, 3.8) is 0 Å². The molecular formula is C12H11BrN2O4. The van der Waals surface area contributed by atoms with E-state index in [0.29, 0.717) is 11.3 Å². The average molecular weight is 327 g/mol. The van der Waals surface area contributed by atoms with Gasteiger partial charge in [-0.2, -0.15) is 0 Å². The van der Waals surface area contributed by atoms with Crippen molar-refractivity contribution < 1.29 is 14.3 Å². The molecule has 0 N–H and O–H groups in total. The molecule has 1 aliphatic heterocycles. The first-order valence-corrected chi connectivity index (χ1v) is 6.46. The molecule has 0 aromatic heterocycles. The van der Waals surface area contributed by atoms with E-state index < -0.39 is 17.9 Å². The van der Waals surface area contributed by atoms with Crippen molar-refractivity contribution in [2.75, 3.05) is 18.1 Å². The van der Waals surface area contributed by atoms with Crippen LogP contribution in [0.2, 0.25) is 0 Å². The van der Waals surface area contributed by atoms with Crippen molar-refractivity contribution in [1.29, 1.82) is 0 Å². The number of carbonyl (C=O) groups is 2. The highest BCUT2D eigenvalue weighted by atomic mass is 79.9. The van der Waals surface area contributed by atoms with Crippen LogP contribution in [0, 0.1) is 4.91 Å². The number of nitroso groups, excluding NO2 is 1. The SMILES string of the molecule is CCOC(=O)CN1C(=O)C(N=O)c2cc(Br)ccc21. The first-order chi connectivity index (χ1) is 9.08. The molecule has 0 spiro atoms. The van der Waals surface area contributed by atoms with Crippen LogP contribution in [0.25, 0.3) is 0 Å². The van der Waals surface area contributed by atoms with Gasteiger partial charge in [0.2, 0.25) is 0 Å². The van der Waals surface area contributed by atoms with Gasteiger partial charge in [-0.25, -0.2) is 0 Å². The van der Waals surface area contributed by atoms with Crippen LogP contribution in [-0.2, 0) is 14.3 Å². The first kappa shape index (κ1) is 13.7. The van der Waals surface area contributed by atoms with Gasteiger partial charge in [-0.15, -0.1) is 4.91 Å². The second-order valence-electron chi connectivity index (χ2n) is 3.94. The number of hydrogen-bond acceptors (Lipinski definition) is 5. The lowest BCUT2D eigenvalue weighted by Gasteiger charge is -2.15. The molecule has 0 saturated carbocycles. The highest BCUT2D eigenvalue weighted by molar-refractivity contribution is 9.10. The zero-order valence-corrected chi connectivity index (χ0v) is 11.7. The van der Waals surface area contributed by atoms with Crippen LogP contribution in [0.4, 0.5) is 5.69 Å². The standard InChI is InChI=1S/C12H11BrN2O4/c1-2-19-10(16)6-15-9-4-3-7(13)5-8(9)11(14-18)12(15)17/h3-5,11H,2,6H2,1H3. The number of rotatable bonds is 4. The molecule has 0 fully saturated rings. The van der Waals surface area contributed by atoms with Gasteiger partial charge in [-0.1, -0.05) is 21.1 Å². The molecule has 1 aliphatic rings. The lowest BCUT2D eigenvalue weighted by atomic mass is 10.1. The highest BCUT2D eigenvalue weighted by Gasteiger charge is 2.39. The van der Waals surface area contributed by atoms with E-state index in [0.717, 1.165) is 4.47 Å². The Bertz CT molecular complexity index is 547. The van der Waals surface area contributed by atoms with Crippen LogP contribution in [0.1, 0.15) is 18.5 Å². The van der Waals surface area contributed by atoms with Crippen LogP contribution in [0.15, 0.2) is 27.8 Å². The minimum atomic E-state index is -1.10. The van der Waals surface area contributed by atoms with E-state index >= 15 is 0 Å². The third kappa shape index (κ3) is 2.51. The number of fused-ring (bicyclic) bond motifs is 1. The number of anilines is 1. The third-order valence-corrected chi connectivity index (χ3v) is 3.27. The van der Waals surface area contributed by atoms with E-state index in [9.17, 15) is 14.5 Å². The fourth-order valence-electron chi connectivity index (χ4n) is 1.99. The van der Waals surface area contributed by atoms with Gasteiger partial charge in [-0.3, -0.25) is 14.5 Å². The summed E-state index contributed by atoms with van der Waals surface area (Å²) < 4.78 is 5.55. The Morgan fingerprint density at radius 3 is 2.89 bits per heavy atom. The average Bonchev–Trinajstić information content (AvgIpc) is 2.62. The maximum Gasteiger partial charge on any atom is 0.326 e. The lowest BCUT2D eigenvalue weighted by Crippen LogP contribution is -2.34. The van der Waals surface area contributed by atoms with E-state index in [1.807, 2.05) is 0 Å². The van der Waals surface area contributed by atoms with E-state index in [1.165, 1.54) is 4.90 Å². The Balaban J connectivity index is 2.34. The summed E-state index contributed by atoms with van der Waals surface area (Å²) in [5.41, 5.74) is 1.02. The predicted molar refractivity (Wildman–Crippen MR) is 71.7 cm³/mol. The predicted octanol–water partition coefficient (Wildman–Crippen LogP) is 2.17.